The van der Waals surface area contributed by atoms with Crippen molar-refractivity contribution in [3.05, 3.63) is 83.8 Å². The van der Waals surface area contributed by atoms with Crippen LogP contribution in [0, 0.1) is 11.3 Å². The molecule has 0 radical (unpaired) electrons. The molecular weight excluding hydrogens is 300 g/mol. The fourth-order valence-corrected chi connectivity index (χ4v) is 2.23. The Morgan fingerprint density at radius 2 is 2.04 bits per heavy atom. The normalized spacial score (nSPS) is 9.96. The lowest BCUT2D eigenvalue weighted by atomic mass is 10.1. The Balaban J connectivity index is 1.64. The highest BCUT2D eigenvalue weighted by Crippen LogP contribution is 2.15. The molecule has 1 N–H and O–H groups in total. The number of pyridine rings is 2. The molecule has 3 aromatic rings. The largest absolute Gasteiger partial charge is 0.348 e. The van der Waals surface area contributed by atoms with Crippen LogP contribution >= 0.6 is 0 Å². The van der Waals surface area contributed by atoms with E-state index < -0.39 is 0 Å². The summed E-state index contributed by atoms with van der Waals surface area (Å²) in [6.07, 6.45) is 5.20. The number of hydrogen-bond donors (Lipinski definition) is 1. The van der Waals surface area contributed by atoms with Crippen LogP contribution in [-0.2, 0) is 6.54 Å². The van der Waals surface area contributed by atoms with Crippen molar-refractivity contribution in [2.24, 2.45) is 0 Å². The molecule has 1 amide bonds. The zero-order chi connectivity index (χ0) is 16.8. The number of nitriles is 1. The molecule has 0 unspecified atom stereocenters. The van der Waals surface area contributed by atoms with Gasteiger partial charge in [0.15, 0.2) is 0 Å². The van der Waals surface area contributed by atoms with E-state index in [9.17, 15) is 4.79 Å². The molecule has 0 aliphatic rings. The van der Waals surface area contributed by atoms with Gasteiger partial charge in [-0.25, -0.2) is 0 Å². The van der Waals surface area contributed by atoms with Crippen LogP contribution in [0.4, 0.5) is 0 Å². The summed E-state index contributed by atoms with van der Waals surface area (Å²) in [4.78, 5) is 20.6. The Bertz CT molecular complexity index is 883. The highest BCUT2D eigenvalue weighted by Gasteiger charge is 2.06. The lowest BCUT2D eigenvalue weighted by Gasteiger charge is -2.06. The summed E-state index contributed by atoms with van der Waals surface area (Å²) in [7, 11) is 0. The predicted molar refractivity (Wildman–Crippen MR) is 89.8 cm³/mol. The van der Waals surface area contributed by atoms with E-state index in [1.807, 2.05) is 30.3 Å². The number of hydrogen-bond acceptors (Lipinski definition) is 4. The first-order valence-corrected chi connectivity index (χ1v) is 7.40. The average Bonchev–Trinajstić information content (AvgIpc) is 2.67. The summed E-state index contributed by atoms with van der Waals surface area (Å²) >= 11 is 0. The van der Waals surface area contributed by atoms with Crippen LogP contribution in [0.3, 0.4) is 0 Å². The van der Waals surface area contributed by atoms with Gasteiger partial charge < -0.3 is 5.32 Å². The Hall–Kier alpha value is -3.52. The zero-order valence-corrected chi connectivity index (χ0v) is 12.8. The van der Waals surface area contributed by atoms with Crippen LogP contribution in [0.15, 0.2) is 67.1 Å². The van der Waals surface area contributed by atoms with Crippen LogP contribution in [0.25, 0.3) is 11.3 Å². The summed E-state index contributed by atoms with van der Waals surface area (Å²) < 4.78 is 0. The standard InChI is InChI=1S/C19H14N4O/c20-10-14-3-1-4-16(9-14)19(24)23-12-15-6-7-18(22-11-15)17-5-2-8-21-13-17/h1-9,11,13H,12H2,(H,23,24). The quantitative estimate of drug-likeness (QED) is 0.803. The number of nitrogens with zero attached hydrogens (tertiary/aromatic N) is 3. The number of carbonyl (C=O) groups is 1. The zero-order valence-electron chi connectivity index (χ0n) is 12.8. The minimum Gasteiger partial charge on any atom is -0.348 e. The number of rotatable bonds is 4. The van der Waals surface area contributed by atoms with Crippen LogP contribution in [0.2, 0.25) is 0 Å². The summed E-state index contributed by atoms with van der Waals surface area (Å²) in [6.45, 7) is 0.371. The van der Waals surface area contributed by atoms with Gasteiger partial charge in [-0.1, -0.05) is 12.1 Å². The Morgan fingerprint density at radius 1 is 1.12 bits per heavy atom. The van der Waals surface area contributed by atoms with Crippen LogP contribution in [0.1, 0.15) is 21.5 Å². The predicted octanol–water partition coefficient (Wildman–Crippen LogP) is 2.95. The van der Waals surface area contributed by atoms with E-state index in [4.69, 9.17) is 5.26 Å². The maximum absolute atomic E-state index is 12.1. The fourth-order valence-electron chi connectivity index (χ4n) is 2.23. The summed E-state index contributed by atoms with van der Waals surface area (Å²) in [5, 5.41) is 11.7. The molecule has 0 aliphatic carbocycles. The lowest BCUT2D eigenvalue weighted by Crippen LogP contribution is -2.22. The van der Waals surface area contributed by atoms with Crippen molar-refractivity contribution in [3.8, 4) is 17.3 Å². The average molecular weight is 314 g/mol. The number of amides is 1. The number of nitrogens with one attached hydrogen (secondary N) is 1. The van der Waals surface area contributed by atoms with Crippen LogP contribution < -0.4 is 5.32 Å². The van der Waals surface area contributed by atoms with Gasteiger partial charge in [0.25, 0.3) is 5.91 Å². The summed E-state index contributed by atoms with van der Waals surface area (Å²) in [5.74, 6) is -0.219. The summed E-state index contributed by atoms with van der Waals surface area (Å²) in [6, 6.07) is 16.2. The van der Waals surface area contributed by atoms with Crippen molar-refractivity contribution in [2.75, 3.05) is 0 Å². The van der Waals surface area contributed by atoms with Gasteiger partial charge in [0.2, 0.25) is 0 Å². The van der Waals surface area contributed by atoms with Crippen molar-refractivity contribution < 1.29 is 4.79 Å². The van der Waals surface area contributed by atoms with Crippen molar-refractivity contribution >= 4 is 5.91 Å². The number of aromatic nitrogens is 2. The minimum atomic E-state index is -0.219. The smallest absolute Gasteiger partial charge is 0.251 e. The minimum absolute atomic E-state index is 0.219. The third kappa shape index (κ3) is 3.62. The first-order valence-electron chi connectivity index (χ1n) is 7.40. The molecule has 0 spiro atoms. The molecule has 24 heavy (non-hydrogen) atoms. The molecule has 5 nitrogen and oxygen atoms in total. The molecule has 2 aromatic heterocycles. The Morgan fingerprint density at radius 3 is 2.75 bits per heavy atom. The molecule has 5 heteroatoms. The van der Waals surface area contributed by atoms with E-state index in [-0.39, 0.29) is 5.91 Å². The van der Waals surface area contributed by atoms with Crippen molar-refractivity contribution in [1.29, 1.82) is 5.26 Å². The molecule has 1 aromatic carbocycles. The second-order valence-corrected chi connectivity index (χ2v) is 5.17. The number of benzene rings is 1. The molecule has 0 atom stereocenters. The van der Waals surface area contributed by atoms with Crippen LogP contribution in [0.5, 0.6) is 0 Å². The van der Waals surface area contributed by atoms with E-state index in [1.165, 1.54) is 0 Å². The fraction of sp³-hybridized carbons (Fsp3) is 0.0526. The van der Waals surface area contributed by atoms with Gasteiger partial charge in [0.1, 0.15) is 0 Å². The maximum Gasteiger partial charge on any atom is 0.251 e. The second-order valence-electron chi connectivity index (χ2n) is 5.17. The highest BCUT2D eigenvalue weighted by molar-refractivity contribution is 5.94. The molecule has 0 bridgehead atoms. The molecule has 2 heterocycles. The van der Waals surface area contributed by atoms with Gasteiger partial charge in [0.05, 0.1) is 17.3 Å². The molecule has 0 saturated carbocycles. The van der Waals surface area contributed by atoms with Gasteiger partial charge >= 0.3 is 0 Å². The van der Waals surface area contributed by atoms with Gasteiger partial charge in [-0.15, -0.1) is 0 Å². The monoisotopic (exact) mass is 314 g/mol. The molecular formula is C19H14N4O. The van der Waals surface area contributed by atoms with Gasteiger partial charge in [0, 0.05) is 36.3 Å². The first kappa shape index (κ1) is 15.4. The van der Waals surface area contributed by atoms with Crippen molar-refractivity contribution in [3.63, 3.8) is 0 Å². The Kier molecular flexibility index (Phi) is 4.59. The first-order chi connectivity index (χ1) is 11.8. The lowest BCUT2D eigenvalue weighted by molar-refractivity contribution is 0.0951. The van der Waals surface area contributed by atoms with Gasteiger partial charge in [-0.2, -0.15) is 5.26 Å². The van der Waals surface area contributed by atoms with Crippen molar-refractivity contribution in [1.82, 2.24) is 15.3 Å². The van der Waals surface area contributed by atoms with E-state index in [1.54, 1.807) is 42.9 Å². The second kappa shape index (κ2) is 7.16. The van der Waals surface area contributed by atoms with Crippen molar-refractivity contribution in [2.45, 2.75) is 6.54 Å². The third-order valence-electron chi connectivity index (χ3n) is 3.49. The SMILES string of the molecule is N#Cc1cccc(C(=O)NCc2ccc(-c3cccnc3)nc2)c1. The maximum atomic E-state index is 12.1. The third-order valence-corrected chi connectivity index (χ3v) is 3.49. The highest BCUT2D eigenvalue weighted by atomic mass is 16.1. The number of carbonyl (C=O) groups excluding carboxylic acids is 1. The van der Waals surface area contributed by atoms with E-state index in [2.05, 4.69) is 15.3 Å². The molecule has 0 aliphatic heterocycles. The van der Waals surface area contributed by atoms with E-state index >= 15 is 0 Å². The molecule has 0 saturated heterocycles. The Labute approximate surface area is 139 Å². The van der Waals surface area contributed by atoms with E-state index in [0.717, 1.165) is 16.8 Å². The molecule has 0 fully saturated rings. The summed E-state index contributed by atoms with van der Waals surface area (Å²) in [5.41, 5.74) is 3.60. The topological polar surface area (TPSA) is 78.7 Å². The molecule has 116 valence electrons. The van der Waals surface area contributed by atoms with E-state index in [0.29, 0.717) is 17.7 Å². The molecule has 3 rings (SSSR count). The van der Waals surface area contributed by atoms with Gasteiger partial charge in [-0.05, 0) is 42.0 Å². The van der Waals surface area contributed by atoms with Gasteiger partial charge in [-0.3, -0.25) is 14.8 Å². The van der Waals surface area contributed by atoms with Crippen LogP contribution in [-0.4, -0.2) is 15.9 Å².